The van der Waals surface area contributed by atoms with Gasteiger partial charge in [0.05, 0.1) is 11.9 Å². The highest BCUT2D eigenvalue weighted by atomic mass is 35.5. The van der Waals surface area contributed by atoms with E-state index in [0.717, 1.165) is 11.4 Å². The van der Waals surface area contributed by atoms with E-state index in [4.69, 9.17) is 11.6 Å². The highest BCUT2D eigenvalue weighted by molar-refractivity contribution is 6.18. The van der Waals surface area contributed by atoms with Gasteiger partial charge in [0.1, 0.15) is 0 Å². The van der Waals surface area contributed by atoms with Gasteiger partial charge in [-0.3, -0.25) is 9.78 Å². The summed E-state index contributed by atoms with van der Waals surface area (Å²) in [7, 11) is 0. The number of carbonyl (C=O) groups is 1. The van der Waals surface area contributed by atoms with E-state index in [1.54, 1.807) is 11.1 Å². The average Bonchev–Trinajstić information content (AvgIpc) is 2.61. The fourth-order valence-electron chi connectivity index (χ4n) is 1.75. The summed E-state index contributed by atoms with van der Waals surface area (Å²) in [5.74, 6) is 0.966. The van der Waals surface area contributed by atoms with Crippen LogP contribution in [0.25, 0.3) is 0 Å². The molecule has 3 nitrogen and oxygen atoms in total. The van der Waals surface area contributed by atoms with Crippen LogP contribution < -0.4 is 4.90 Å². The highest BCUT2D eigenvalue weighted by Crippen LogP contribution is 2.24. The summed E-state index contributed by atoms with van der Waals surface area (Å²) in [5.41, 5.74) is 1.83. The predicted octanol–water partition coefficient (Wildman–Crippen LogP) is 1.98. The molecule has 1 unspecified atom stereocenters. The monoisotopic (exact) mass is 224 g/mol. The normalized spacial score (nSPS) is 21.1. The van der Waals surface area contributed by atoms with Gasteiger partial charge < -0.3 is 4.90 Å². The molecular weight excluding hydrogens is 212 g/mol. The van der Waals surface area contributed by atoms with E-state index >= 15 is 0 Å². The SMILES string of the molecule is Cc1ccc(N2CC(CCl)CC2=O)cn1. The van der Waals surface area contributed by atoms with Gasteiger partial charge in [-0.05, 0) is 25.0 Å². The summed E-state index contributed by atoms with van der Waals surface area (Å²) >= 11 is 5.76. The quantitative estimate of drug-likeness (QED) is 0.720. The lowest BCUT2D eigenvalue weighted by atomic mass is 10.1. The summed E-state index contributed by atoms with van der Waals surface area (Å²) in [6.45, 7) is 2.64. The van der Waals surface area contributed by atoms with E-state index in [2.05, 4.69) is 4.98 Å². The fourth-order valence-corrected chi connectivity index (χ4v) is 1.96. The first-order valence-electron chi connectivity index (χ1n) is 4.99. The van der Waals surface area contributed by atoms with E-state index in [1.165, 1.54) is 0 Å². The Morgan fingerprint density at radius 1 is 1.60 bits per heavy atom. The Labute approximate surface area is 94.1 Å². The molecule has 1 aromatic heterocycles. The standard InChI is InChI=1S/C11H13ClN2O/c1-8-2-3-10(6-13-8)14-7-9(5-12)4-11(14)15/h2-3,6,9H,4-5,7H2,1H3. The van der Waals surface area contributed by atoms with Crippen molar-refractivity contribution >= 4 is 23.2 Å². The minimum absolute atomic E-state index is 0.145. The maximum Gasteiger partial charge on any atom is 0.227 e. The first kappa shape index (κ1) is 10.4. The first-order valence-corrected chi connectivity index (χ1v) is 5.53. The molecule has 1 atom stereocenters. The molecule has 1 aliphatic heterocycles. The largest absolute Gasteiger partial charge is 0.311 e. The number of alkyl halides is 1. The summed E-state index contributed by atoms with van der Waals surface area (Å²) < 4.78 is 0. The molecular formula is C11H13ClN2O. The van der Waals surface area contributed by atoms with Gasteiger partial charge in [0.25, 0.3) is 0 Å². The third-order valence-corrected chi connectivity index (χ3v) is 3.07. The molecule has 2 rings (SSSR count). The number of anilines is 1. The van der Waals surface area contributed by atoms with E-state index in [0.29, 0.717) is 18.8 Å². The Hall–Kier alpha value is -1.09. The molecule has 0 radical (unpaired) electrons. The second-order valence-electron chi connectivity index (χ2n) is 3.89. The third-order valence-electron chi connectivity index (χ3n) is 2.63. The number of amides is 1. The van der Waals surface area contributed by atoms with Crippen LogP contribution in [-0.2, 0) is 4.79 Å². The van der Waals surface area contributed by atoms with Crippen LogP contribution in [-0.4, -0.2) is 23.3 Å². The van der Waals surface area contributed by atoms with Crippen LogP contribution in [0.2, 0.25) is 0 Å². The Morgan fingerprint density at radius 2 is 2.40 bits per heavy atom. The number of hydrogen-bond donors (Lipinski definition) is 0. The van der Waals surface area contributed by atoms with Crippen molar-refractivity contribution in [3.05, 3.63) is 24.0 Å². The van der Waals surface area contributed by atoms with Gasteiger partial charge in [-0.25, -0.2) is 0 Å². The van der Waals surface area contributed by atoms with Crippen LogP contribution >= 0.6 is 11.6 Å². The maximum atomic E-state index is 11.7. The van der Waals surface area contributed by atoms with Crippen molar-refractivity contribution in [2.24, 2.45) is 5.92 Å². The molecule has 0 bridgehead atoms. The number of halogens is 1. The lowest BCUT2D eigenvalue weighted by Crippen LogP contribution is -2.24. The van der Waals surface area contributed by atoms with Crippen molar-refractivity contribution in [2.75, 3.05) is 17.3 Å². The lowest BCUT2D eigenvalue weighted by molar-refractivity contribution is -0.117. The van der Waals surface area contributed by atoms with Gasteiger partial charge in [0.2, 0.25) is 5.91 Å². The van der Waals surface area contributed by atoms with Crippen LogP contribution in [0.5, 0.6) is 0 Å². The molecule has 0 aliphatic carbocycles. The number of carbonyl (C=O) groups excluding carboxylic acids is 1. The zero-order chi connectivity index (χ0) is 10.8. The van der Waals surface area contributed by atoms with Crippen molar-refractivity contribution in [1.82, 2.24) is 4.98 Å². The van der Waals surface area contributed by atoms with Crippen LogP contribution in [0.1, 0.15) is 12.1 Å². The first-order chi connectivity index (χ1) is 7.20. The topological polar surface area (TPSA) is 33.2 Å². The van der Waals surface area contributed by atoms with Crippen molar-refractivity contribution in [3.8, 4) is 0 Å². The van der Waals surface area contributed by atoms with E-state index in [-0.39, 0.29) is 11.8 Å². The van der Waals surface area contributed by atoms with Gasteiger partial charge in [-0.1, -0.05) is 0 Å². The summed E-state index contributed by atoms with van der Waals surface area (Å²) in [6.07, 6.45) is 2.29. The number of pyridine rings is 1. The molecule has 15 heavy (non-hydrogen) atoms. The second kappa shape index (κ2) is 4.19. The van der Waals surface area contributed by atoms with Gasteiger partial charge in [0.15, 0.2) is 0 Å². The van der Waals surface area contributed by atoms with Crippen molar-refractivity contribution in [1.29, 1.82) is 0 Å². The molecule has 2 heterocycles. The summed E-state index contributed by atoms with van der Waals surface area (Å²) in [5, 5.41) is 0. The van der Waals surface area contributed by atoms with E-state index in [1.807, 2.05) is 19.1 Å². The summed E-state index contributed by atoms with van der Waals surface area (Å²) in [4.78, 5) is 17.6. The summed E-state index contributed by atoms with van der Waals surface area (Å²) in [6, 6.07) is 3.84. The van der Waals surface area contributed by atoms with E-state index in [9.17, 15) is 4.79 Å². The predicted molar refractivity (Wildman–Crippen MR) is 60.2 cm³/mol. The number of rotatable bonds is 2. The zero-order valence-corrected chi connectivity index (χ0v) is 9.37. The van der Waals surface area contributed by atoms with Gasteiger partial charge in [-0.15, -0.1) is 11.6 Å². The Morgan fingerprint density at radius 3 is 2.93 bits per heavy atom. The highest BCUT2D eigenvalue weighted by Gasteiger charge is 2.29. The fraction of sp³-hybridized carbons (Fsp3) is 0.455. The van der Waals surface area contributed by atoms with Crippen LogP contribution in [0.3, 0.4) is 0 Å². The van der Waals surface area contributed by atoms with Crippen LogP contribution in [0.15, 0.2) is 18.3 Å². The number of nitrogens with zero attached hydrogens (tertiary/aromatic N) is 2. The Kier molecular flexibility index (Phi) is 2.91. The molecule has 4 heteroatoms. The van der Waals surface area contributed by atoms with E-state index < -0.39 is 0 Å². The maximum absolute atomic E-state index is 11.7. The molecule has 1 aliphatic rings. The molecule has 80 valence electrons. The molecule has 0 N–H and O–H groups in total. The van der Waals surface area contributed by atoms with Gasteiger partial charge >= 0.3 is 0 Å². The molecule has 1 amide bonds. The second-order valence-corrected chi connectivity index (χ2v) is 4.20. The van der Waals surface area contributed by atoms with Gasteiger partial charge in [-0.2, -0.15) is 0 Å². The van der Waals surface area contributed by atoms with Crippen molar-refractivity contribution < 1.29 is 4.79 Å². The molecule has 0 saturated carbocycles. The molecule has 1 saturated heterocycles. The minimum Gasteiger partial charge on any atom is -0.311 e. The van der Waals surface area contributed by atoms with Crippen molar-refractivity contribution in [3.63, 3.8) is 0 Å². The Balaban J connectivity index is 2.18. The number of aromatic nitrogens is 1. The minimum atomic E-state index is 0.145. The molecule has 1 aromatic rings. The zero-order valence-electron chi connectivity index (χ0n) is 8.61. The Bertz CT molecular complexity index is 363. The van der Waals surface area contributed by atoms with Crippen LogP contribution in [0.4, 0.5) is 5.69 Å². The number of aryl methyl sites for hydroxylation is 1. The average molecular weight is 225 g/mol. The molecule has 0 aromatic carbocycles. The number of hydrogen-bond acceptors (Lipinski definition) is 2. The third kappa shape index (κ3) is 2.12. The van der Waals surface area contributed by atoms with Gasteiger partial charge in [0, 0.05) is 24.5 Å². The smallest absolute Gasteiger partial charge is 0.227 e. The molecule has 0 spiro atoms. The lowest BCUT2D eigenvalue weighted by Gasteiger charge is -2.15. The van der Waals surface area contributed by atoms with Crippen LogP contribution in [0, 0.1) is 12.8 Å². The molecule has 1 fully saturated rings. The van der Waals surface area contributed by atoms with Crippen molar-refractivity contribution in [2.45, 2.75) is 13.3 Å².